The van der Waals surface area contributed by atoms with Gasteiger partial charge in [0, 0.05) is 30.6 Å². The van der Waals surface area contributed by atoms with Gasteiger partial charge in [-0.3, -0.25) is 19.2 Å². The number of Topliss-reactive ketones (excluding diaryl/α,β-unsaturated/α-hetero) is 2. The average Bonchev–Trinajstić information content (AvgIpc) is 3.01. The number of hydrogen-bond donors (Lipinski definition) is 3. The van der Waals surface area contributed by atoms with E-state index in [1.165, 1.54) is 32.1 Å². The van der Waals surface area contributed by atoms with Crippen LogP contribution >= 0.6 is 0 Å². The Hall–Kier alpha value is -2.58. The molecule has 2 fully saturated rings. The van der Waals surface area contributed by atoms with Crippen LogP contribution in [0.5, 0.6) is 0 Å². The Morgan fingerprint density at radius 3 is 2.25 bits per heavy atom. The Morgan fingerprint density at radius 2 is 1.68 bits per heavy atom. The fourth-order valence-electron chi connectivity index (χ4n) is 8.98. The van der Waals surface area contributed by atoms with Crippen LogP contribution in [-0.4, -0.2) is 55.9 Å². The highest BCUT2D eigenvalue weighted by Crippen LogP contribution is 2.73. The quantitative estimate of drug-likeness (QED) is 0.260. The molecule has 40 heavy (non-hydrogen) atoms. The van der Waals surface area contributed by atoms with Crippen LogP contribution in [0.15, 0.2) is 35.6 Å². The third-order valence-corrected chi connectivity index (χ3v) is 11.2. The molecule has 0 aromatic rings. The number of ether oxygens (including phenoxy) is 1. The largest absolute Gasteiger partial charge is 0.505 e. The van der Waals surface area contributed by atoms with Gasteiger partial charge in [0.2, 0.25) is 5.78 Å². The molecule has 0 saturated heterocycles. The molecule has 2 saturated carbocycles. The van der Waals surface area contributed by atoms with Crippen molar-refractivity contribution in [1.82, 2.24) is 0 Å². The third-order valence-electron chi connectivity index (χ3n) is 11.2. The SMILES string of the molecule is CC(=O)OC(C)(C)/C=C/C(=O)C(C)(O)C1[C@H](O)C[C@@]2(C)C3CC=C4C(C=C(O)C(=O)C4(C)C)[C@]3(C)C(=O)C[C@]12C. The average molecular weight is 557 g/mol. The Kier molecular flexibility index (Phi) is 6.80. The van der Waals surface area contributed by atoms with Crippen LogP contribution in [0.3, 0.4) is 0 Å². The molecule has 8 nitrogen and oxygen atoms in total. The van der Waals surface area contributed by atoms with E-state index in [9.17, 15) is 34.5 Å². The topological polar surface area (TPSA) is 138 Å². The highest BCUT2D eigenvalue weighted by atomic mass is 16.6. The Labute approximate surface area is 236 Å². The molecule has 0 heterocycles. The van der Waals surface area contributed by atoms with E-state index in [2.05, 4.69) is 0 Å². The number of carbonyl (C=O) groups excluding carboxylic acids is 4. The van der Waals surface area contributed by atoms with E-state index in [1.807, 2.05) is 26.8 Å². The highest BCUT2D eigenvalue weighted by molar-refractivity contribution is 6.02. The molecule has 3 N–H and O–H groups in total. The zero-order chi connectivity index (χ0) is 30.4. The van der Waals surface area contributed by atoms with Gasteiger partial charge in [-0.05, 0) is 82.4 Å². The van der Waals surface area contributed by atoms with E-state index in [0.717, 1.165) is 5.57 Å². The van der Waals surface area contributed by atoms with Crippen molar-refractivity contribution >= 4 is 23.3 Å². The maximum absolute atomic E-state index is 14.3. The molecule has 0 bridgehead atoms. The Balaban J connectivity index is 1.76. The van der Waals surface area contributed by atoms with Crippen LogP contribution in [0.4, 0.5) is 0 Å². The summed E-state index contributed by atoms with van der Waals surface area (Å²) in [6.07, 6.45) is 5.89. The van der Waals surface area contributed by atoms with Gasteiger partial charge >= 0.3 is 5.97 Å². The molecule has 0 aliphatic heterocycles. The van der Waals surface area contributed by atoms with Crippen molar-refractivity contribution in [1.29, 1.82) is 0 Å². The lowest BCUT2D eigenvalue weighted by atomic mass is 9.39. The fourth-order valence-corrected chi connectivity index (χ4v) is 8.98. The second-order valence-electron chi connectivity index (χ2n) is 14.4. The number of hydrogen-bond acceptors (Lipinski definition) is 8. The van der Waals surface area contributed by atoms with E-state index in [4.69, 9.17) is 4.74 Å². The monoisotopic (exact) mass is 556 g/mol. The van der Waals surface area contributed by atoms with Gasteiger partial charge in [-0.25, -0.2) is 0 Å². The van der Waals surface area contributed by atoms with E-state index in [-0.39, 0.29) is 36.1 Å². The molecule has 0 radical (unpaired) electrons. The first-order chi connectivity index (χ1) is 18.1. The molecule has 4 aliphatic carbocycles. The molecule has 4 unspecified atom stereocenters. The lowest BCUT2D eigenvalue weighted by Crippen LogP contribution is -2.64. The minimum atomic E-state index is -2.00. The van der Waals surface area contributed by atoms with Crippen molar-refractivity contribution in [3.63, 3.8) is 0 Å². The van der Waals surface area contributed by atoms with Crippen molar-refractivity contribution in [2.45, 2.75) is 98.9 Å². The zero-order valence-electron chi connectivity index (χ0n) is 25.1. The molecule has 4 aliphatic rings. The summed E-state index contributed by atoms with van der Waals surface area (Å²) >= 11 is 0. The summed E-state index contributed by atoms with van der Waals surface area (Å²) < 4.78 is 5.22. The number of aliphatic hydroxyl groups excluding tert-OH is 2. The number of allylic oxidation sites excluding steroid dienone is 4. The predicted octanol–water partition coefficient (Wildman–Crippen LogP) is 4.19. The standard InChI is InChI=1S/C32H44O8/c1-17(33)40-27(2,3)13-12-23(36)32(9,39)25-21(35)15-29(6)22-11-10-18-19(14-20(34)26(38)28(18,4)5)31(22,8)24(37)16-30(25,29)7/h10,12-14,19,21-22,25,34-35,39H,11,15-16H2,1-9H3/b13-12+/t19?,21-,22?,25?,29+,30-,31+,32?/m1/s1. The first-order valence-electron chi connectivity index (χ1n) is 14.1. The van der Waals surface area contributed by atoms with Crippen molar-refractivity contribution in [2.75, 3.05) is 0 Å². The Bertz CT molecular complexity index is 1270. The number of rotatable bonds is 5. The minimum absolute atomic E-state index is 0.0249. The molecule has 4 rings (SSSR count). The zero-order valence-corrected chi connectivity index (χ0v) is 25.1. The van der Waals surface area contributed by atoms with E-state index in [0.29, 0.717) is 6.42 Å². The van der Waals surface area contributed by atoms with E-state index < -0.39 is 62.6 Å². The van der Waals surface area contributed by atoms with Gasteiger partial charge in [-0.1, -0.05) is 32.4 Å². The van der Waals surface area contributed by atoms with Gasteiger partial charge in [-0.2, -0.15) is 0 Å². The summed E-state index contributed by atoms with van der Waals surface area (Å²) in [6.45, 7) is 15.3. The van der Waals surface area contributed by atoms with Crippen LogP contribution in [0.25, 0.3) is 0 Å². The van der Waals surface area contributed by atoms with Gasteiger partial charge in [0.25, 0.3) is 0 Å². The fraction of sp³-hybridized carbons (Fsp3) is 0.688. The van der Waals surface area contributed by atoms with Crippen LogP contribution in [0.1, 0.15) is 81.6 Å². The molecule has 0 aromatic carbocycles. The molecule has 8 heteroatoms. The van der Waals surface area contributed by atoms with Crippen LogP contribution in [0.2, 0.25) is 0 Å². The first-order valence-corrected chi connectivity index (χ1v) is 14.1. The normalized spacial score (nSPS) is 40.4. The number of carbonyl (C=O) groups is 4. The maximum Gasteiger partial charge on any atom is 0.303 e. The molecule has 220 valence electrons. The lowest BCUT2D eigenvalue weighted by molar-refractivity contribution is -0.179. The maximum atomic E-state index is 14.3. The molecular weight excluding hydrogens is 512 g/mol. The van der Waals surface area contributed by atoms with E-state index >= 15 is 0 Å². The van der Waals surface area contributed by atoms with Gasteiger partial charge in [0.1, 0.15) is 17.0 Å². The van der Waals surface area contributed by atoms with Gasteiger partial charge in [0.05, 0.1) is 11.5 Å². The lowest BCUT2D eigenvalue weighted by Gasteiger charge is -2.63. The molecule has 0 amide bonds. The van der Waals surface area contributed by atoms with E-state index in [1.54, 1.807) is 27.7 Å². The predicted molar refractivity (Wildman–Crippen MR) is 148 cm³/mol. The Morgan fingerprint density at radius 1 is 1.07 bits per heavy atom. The highest BCUT2D eigenvalue weighted by Gasteiger charge is 2.74. The number of ketones is 3. The van der Waals surface area contributed by atoms with Crippen LogP contribution in [0, 0.1) is 39.4 Å². The molecule has 0 spiro atoms. The first kappa shape index (κ1) is 30.4. The summed E-state index contributed by atoms with van der Waals surface area (Å²) in [7, 11) is 0. The minimum Gasteiger partial charge on any atom is -0.505 e. The van der Waals surface area contributed by atoms with Crippen molar-refractivity contribution < 1.29 is 39.2 Å². The number of aliphatic hydroxyl groups is 3. The number of fused-ring (bicyclic) bond motifs is 5. The van der Waals surface area contributed by atoms with Crippen molar-refractivity contribution in [2.24, 2.45) is 39.4 Å². The summed E-state index contributed by atoms with van der Waals surface area (Å²) in [4.78, 5) is 52.0. The summed E-state index contributed by atoms with van der Waals surface area (Å²) in [5.41, 5.74) is -5.72. The summed E-state index contributed by atoms with van der Waals surface area (Å²) in [5, 5.41) is 33.8. The second-order valence-corrected chi connectivity index (χ2v) is 14.4. The van der Waals surface area contributed by atoms with Crippen molar-refractivity contribution in [3.05, 3.63) is 35.6 Å². The number of esters is 1. The third kappa shape index (κ3) is 4.00. The smallest absolute Gasteiger partial charge is 0.303 e. The van der Waals surface area contributed by atoms with Gasteiger partial charge < -0.3 is 20.1 Å². The van der Waals surface area contributed by atoms with Crippen LogP contribution in [-0.2, 0) is 23.9 Å². The van der Waals surface area contributed by atoms with Crippen LogP contribution < -0.4 is 0 Å². The molecule has 0 aromatic heterocycles. The van der Waals surface area contributed by atoms with Gasteiger partial charge in [-0.15, -0.1) is 0 Å². The summed E-state index contributed by atoms with van der Waals surface area (Å²) in [5.74, 6) is -3.61. The molecule has 8 atom stereocenters. The second kappa shape index (κ2) is 8.96. The molecular formula is C32H44O8. The van der Waals surface area contributed by atoms with Gasteiger partial charge in [0.15, 0.2) is 11.5 Å². The van der Waals surface area contributed by atoms with Crippen molar-refractivity contribution in [3.8, 4) is 0 Å². The summed E-state index contributed by atoms with van der Waals surface area (Å²) in [6, 6.07) is 0.